The molecule has 19 heavy (non-hydrogen) atoms. The van der Waals surface area contributed by atoms with Gasteiger partial charge in [0.1, 0.15) is 6.61 Å². The lowest BCUT2D eigenvalue weighted by atomic mass is 10.2. The first-order valence-electron chi connectivity index (χ1n) is 5.82. The molecule has 0 aliphatic rings. The Morgan fingerprint density at radius 3 is 2.74 bits per heavy atom. The number of benzene rings is 2. The highest BCUT2D eigenvalue weighted by molar-refractivity contribution is 7.19. The summed E-state index contributed by atoms with van der Waals surface area (Å²) in [6.07, 6.45) is 0. The van der Waals surface area contributed by atoms with Crippen LogP contribution in [0, 0.1) is 0 Å². The lowest BCUT2D eigenvalue weighted by Crippen LogP contribution is -1.92. The van der Waals surface area contributed by atoms with E-state index in [4.69, 9.17) is 16.3 Å². The molecule has 96 valence electrons. The fourth-order valence-corrected chi connectivity index (χ4v) is 3.15. The van der Waals surface area contributed by atoms with Crippen LogP contribution in [-0.4, -0.2) is 5.11 Å². The van der Waals surface area contributed by atoms with Crippen LogP contribution < -0.4 is 4.74 Å². The van der Waals surface area contributed by atoms with Crippen molar-refractivity contribution in [2.24, 2.45) is 0 Å². The summed E-state index contributed by atoms with van der Waals surface area (Å²) < 4.78 is 6.68. The summed E-state index contributed by atoms with van der Waals surface area (Å²) in [4.78, 5) is 1.08. The number of para-hydroxylation sites is 2. The van der Waals surface area contributed by atoms with Crippen LogP contribution in [0.3, 0.4) is 0 Å². The number of phenolic OH excluding ortho intramolecular Hbond substituents is 1. The van der Waals surface area contributed by atoms with Crippen LogP contribution in [0.4, 0.5) is 0 Å². The van der Waals surface area contributed by atoms with Gasteiger partial charge in [-0.05, 0) is 29.7 Å². The Kier molecular flexibility index (Phi) is 3.32. The van der Waals surface area contributed by atoms with Crippen LogP contribution in [0.5, 0.6) is 11.5 Å². The average molecular weight is 291 g/mol. The molecule has 2 aromatic carbocycles. The van der Waals surface area contributed by atoms with Gasteiger partial charge in [0.05, 0.1) is 9.72 Å². The van der Waals surface area contributed by atoms with E-state index in [1.165, 1.54) is 0 Å². The highest BCUT2D eigenvalue weighted by Gasteiger charge is 2.06. The normalized spacial score (nSPS) is 10.8. The van der Waals surface area contributed by atoms with E-state index in [1.807, 2.05) is 24.3 Å². The van der Waals surface area contributed by atoms with Gasteiger partial charge in [-0.3, -0.25) is 0 Å². The van der Waals surface area contributed by atoms with Gasteiger partial charge >= 0.3 is 0 Å². The molecule has 0 amide bonds. The second kappa shape index (κ2) is 5.11. The Hall–Kier alpha value is -1.71. The molecule has 0 saturated heterocycles. The molecular weight excluding hydrogens is 280 g/mol. The predicted molar refractivity (Wildman–Crippen MR) is 79.3 cm³/mol. The zero-order chi connectivity index (χ0) is 13.2. The maximum Gasteiger partial charge on any atom is 0.161 e. The molecule has 3 aromatic rings. The summed E-state index contributed by atoms with van der Waals surface area (Å²) in [5, 5.41) is 11.5. The zero-order valence-corrected chi connectivity index (χ0v) is 11.5. The first-order chi connectivity index (χ1) is 9.24. The number of halogens is 1. The molecule has 1 heterocycles. The third kappa shape index (κ3) is 2.53. The first kappa shape index (κ1) is 12.3. The maximum absolute atomic E-state index is 9.63. The Labute approximate surface area is 119 Å². The highest BCUT2D eigenvalue weighted by Crippen LogP contribution is 2.33. The summed E-state index contributed by atoms with van der Waals surface area (Å²) in [7, 11) is 0. The van der Waals surface area contributed by atoms with Crippen molar-refractivity contribution in [3.8, 4) is 11.5 Å². The van der Waals surface area contributed by atoms with Crippen molar-refractivity contribution in [1.82, 2.24) is 0 Å². The minimum Gasteiger partial charge on any atom is -0.504 e. The lowest BCUT2D eigenvalue weighted by Gasteiger charge is -2.05. The molecule has 0 aliphatic heterocycles. The second-order valence-corrected chi connectivity index (χ2v) is 5.67. The Morgan fingerprint density at radius 1 is 1.11 bits per heavy atom. The van der Waals surface area contributed by atoms with Gasteiger partial charge in [-0.15, -0.1) is 11.3 Å². The Morgan fingerprint density at radius 2 is 1.95 bits per heavy atom. The van der Waals surface area contributed by atoms with Crippen LogP contribution in [0.1, 0.15) is 4.88 Å². The SMILES string of the molecule is Oc1ccccc1OCc1cc2cccc(Cl)c2s1. The molecule has 1 aromatic heterocycles. The number of phenols is 1. The minimum absolute atomic E-state index is 0.154. The van der Waals surface area contributed by atoms with Crippen molar-refractivity contribution in [3.63, 3.8) is 0 Å². The third-order valence-electron chi connectivity index (χ3n) is 2.78. The molecule has 4 heteroatoms. The van der Waals surface area contributed by atoms with Crippen LogP contribution in [0.15, 0.2) is 48.5 Å². The second-order valence-electron chi connectivity index (χ2n) is 4.13. The molecule has 0 radical (unpaired) electrons. The fourth-order valence-electron chi connectivity index (χ4n) is 1.88. The monoisotopic (exact) mass is 290 g/mol. The van der Waals surface area contributed by atoms with Crippen LogP contribution in [-0.2, 0) is 6.61 Å². The van der Waals surface area contributed by atoms with E-state index < -0.39 is 0 Å². The quantitative estimate of drug-likeness (QED) is 0.748. The van der Waals surface area contributed by atoms with Gasteiger partial charge in [0.15, 0.2) is 11.5 Å². The van der Waals surface area contributed by atoms with Gasteiger partial charge in [-0.1, -0.05) is 35.9 Å². The van der Waals surface area contributed by atoms with E-state index in [0.717, 1.165) is 20.0 Å². The number of rotatable bonds is 3. The summed E-state index contributed by atoms with van der Waals surface area (Å²) in [5.41, 5.74) is 0. The van der Waals surface area contributed by atoms with Crippen LogP contribution in [0.25, 0.3) is 10.1 Å². The van der Waals surface area contributed by atoms with Gasteiger partial charge in [0.2, 0.25) is 0 Å². The van der Waals surface area contributed by atoms with Gasteiger partial charge < -0.3 is 9.84 Å². The van der Waals surface area contributed by atoms with Crippen molar-refractivity contribution in [1.29, 1.82) is 0 Å². The molecule has 0 atom stereocenters. The summed E-state index contributed by atoms with van der Waals surface area (Å²) in [6, 6.07) is 14.9. The Balaban J connectivity index is 1.83. The molecule has 1 N–H and O–H groups in total. The zero-order valence-electron chi connectivity index (χ0n) is 9.97. The maximum atomic E-state index is 9.63. The largest absolute Gasteiger partial charge is 0.504 e. The number of hydrogen-bond donors (Lipinski definition) is 1. The topological polar surface area (TPSA) is 29.5 Å². The van der Waals surface area contributed by atoms with E-state index in [1.54, 1.807) is 29.5 Å². The summed E-state index contributed by atoms with van der Waals surface area (Å²) >= 11 is 7.75. The van der Waals surface area contributed by atoms with E-state index >= 15 is 0 Å². The molecular formula is C15H11ClO2S. The Bertz CT molecular complexity index is 721. The van der Waals surface area contributed by atoms with E-state index in [0.29, 0.717) is 12.4 Å². The lowest BCUT2D eigenvalue weighted by molar-refractivity contribution is 0.292. The van der Waals surface area contributed by atoms with Gasteiger partial charge in [-0.25, -0.2) is 0 Å². The van der Waals surface area contributed by atoms with Crippen molar-refractivity contribution in [3.05, 3.63) is 58.4 Å². The molecule has 0 saturated carbocycles. The number of ether oxygens (including phenoxy) is 1. The number of hydrogen-bond acceptors (Lipinski definition) is 3. The van der Waals surface area contributed by atoms with E-state index in [-0.39, 0.29) is 5.75 Å². The first-order valence-corrected chi connectivity index (χ1v) is 7.01. The van der Waals surface area contributed by atoms with Gasteiger partial charge in [-0.2, -0.15) is 0 Å². The molecule has 3 rings (SSSR count). The standard InChI is InChI=1S/C15H11ClO2S/c16-12-5-3-4-10-8-11(19-15(10)12)9-18-14-7-2-1-6-13(14)17/h1-8,17H,9H2. The molecule has 0 fully saturated rings. The molecule has 0 aliphatic carbocycles. The average Bonchev–Trinajstić information content (AvgIpc) is 2.82. The van der Waals surface area contributed by atoms with Gasteiger partial charge in [0, 0.05) is 4.88 Å². The molecule has 2 nitrogen and oxygen atoms in total. The predicted octanol–water partition coefficient (Wildman–Crippen LogP) is 4.84. The number of aromatic hydroxyl groups is 1. The van der Waals surface area contributed by atoms with Crippen LogP contribution in [0.2, 0.25) is 5.02 Å². The number of fused-ring (bicyclic) bond motifs is 1. The fraction of sp³-hybridized carbons (Fsp3) is 0.0667. The van der Waals surface area contributed by atoms with Crippen molar-refractivity contribution >= 4 is 33.0 Å². The number of thiophene rings is 1. The third-order valence-corrected chi connectivity index (χ3v) is 4.37. The van der Waals surface area contributed by atoms with Crippen molar-refractivity contribution < 1.29 is 9.84 Å². The summed E-state index contributed by atoms with van der Waals surface area (Å²) in [6.45, 7) is 0.424. The van der Waals surface area contributed by atoms with Crippen LogP contribution >= 0.6 is 22.9 Å². The van der Waals surface area contributed by atoms with Crippen molar-refractivity contribution in [2.45, 2.75) is 6.61 Å². The molecule has 0 bridgehead atoms. The summed E-state index contributed by atoms with van der Waals surface area (Å²) in [5.74, 6) is 0.646. The van der Waals surface area contributed by atoms with E-state index in [9.17, 15) is 5.11 Å². The highest BCUT2D eigenvalue weighted by atomic mass is 35.5. The van der Waals surface area contributed by atoms with Gasteiger partial charge in [0.25, 0.3) is 0 Å². The minimum atomic E-state index is 0.154. The van der Waals surface area contributed by atoms with E-state index in [2.05, 4.69) is 6.07 Å². The van der Waals surface area contributed by atoms with Crippen molar-refractivity contribution in [2.75, 3.05) is 0 Å². The smallest absolute Gasteiger partial charge is 0.161 e. The molecule has 0 spiro atoms. The molecule has 0 unspecified atom stereocenters.